The second-order valence-corrected chi connectivity index (χ2v) is 23.5. The first kappa shape index (κ1) is 75.6. The molecule has 0 fully saturated rings. The van der Waals surface area contributed by atoms with Gasteiger partial charge in [-0.25, -0.2) is 0 Å². The number of hydrogen-bond donors (Lipinski definition) is 3. The number of unbranched alkanes of at least 4 members (excludes halogenated alkanes) is 45. The van der Waals surface area contributed by atoms with Crippen molar-refractivity contribution in [2.24, 2.45) is 0 Å². The van der Waals surface area contributed by atoms with Gasteiger partial charge in [-0.2, -0.15) is 0 Å². The van der Waals surface area contributed by atoms with Crippen molar-refractivity contribution in [3.63, 3.8) is 0 Å². The highest BCUT2D eigenvalue weighted by atomic mass is 16.5. The molecule has 2 unspecified atom stereocenters. The van der Waals surface area contributed by atoms with Crippen LogP contribution in [0.3, 0.4) is 0 Å². The van der Waals surface area contributed by atoms with Gasteiger partial charge in [0, 0.05) is 12.8 Å². The summed E-state index contributed by atoms with van der Waals surface area (Å²) in [6.45, 7) is 4.89. The third-order valence-electron chi connectivity index (χ3n) is 15.8. The van der Waals surface area contributed by atoms with Gasteiger partial charge in [-0.3, -0.25) is 9.59 Å². The maximum Gasteiger partial charge on any atom is 0.305 e. The summed E-state index contributed by atoms with van der Waals surface area (Å²) in [5, 5.41) is 23.1. The number of amides is 1. The van der Waals surface area contributed by atoms with Gasteiger partial charge in [0.05, 0.1) is 25.4 Å². The molecule has 78 heavy (non-hydrogen) atoms. The highest BCUT2D eigenvalue weighted by Crippen LogP contribution is 2.17. The van der Waals surface area contributed by atoms with Crippen LogP contribution in [-0.2, 0) is 14.3 Å². The molecule has 0 aromatic heterocycles. The molecule has 0 spiro atoms. The fourth-order valence-corrected chi connectivity index (χ4v) is 10.5. The molecule has 3 N–H and O–H groups in total. The summed E-state index contributed by atoms with van der Waals surface area (Å²) in [6, 6.07) is -0.627. The zero-order chi connectivity index (χ0) is 56.4. The van der Waals surface area contributed by atoms with E-state index in [1.807, 2.05) is 6.08 Å². The first-order chi connectivity index (χ1) is 38.5. The van der Waals surface area contributed by atoms with Crippen LogP contribution >= 0.6 is 0 Å². The first-order valence-electron chi connectivity index (χ1n) is 34.6. The van der Waals surface area contributed by atoms with Gasteiger partial charge in [-0.1, -0.05) is 312 Å². The number of esters is 1. The molecule has 0 aromatic carbocycles. The Morgan fingerprint density at radius 3 is 0.987 bits per heavy atom. The van der Waals surface area contributed by atoms with Crippen LogP contribution in [0, 0.1) is 0 Å². The predicted molar refractivity (Wildman–Crippen MR) is 342 cm³/mol. The van der Waals surface area contributed by atoms with E-state index in [-0.39, 0.29) is 18.5 Å². The molecule has 1 amide bonds. The third kappa shape index (κ3) is 62.8. The number of hydrogen-bond acceptors (Lipinski definition) is 5. The Morgan fingerprint density at radius 2 is 0.641 bits per heavy atom. The highest BCUT2D eigenvalue weighted by molar-refractivity contribution is 5.76. The Hall–Kier alpha value is -2.44. The summed E-state index contributed by atoms with van der Waals surface area (Å²) >= 11 is 0. The SMILES string of the molecule is CCCCCC/C=C\C/C=C\CCCCCCCCCC(=O)OCCCCCCCCCCC/C=C\C/C=C\CCCCCCCCCCCCCCCCCC(=O)NC(CO)C(O)/C=C/CCCCCCCCCCCC. The number of aliphatic hydroxyl groups excluding tert-OH is 2. The summed E-state index contributed by atoms with van der Waals surface area (Å²) in [7, 11) is 0. The molecule has 0 radical (unpaired) electrons. The number of allylic oxidation sites excluding steroid dienone is 9. The van der Waals surface area contributed by atoms with Crippen molar-refractivity contribution in [2.45, 2.75) is 373 Å². The van der Waals surface area contributed by atoms with E-state index in [2.05, 4.69) is 67.8 Å². The minimum absolute atomic E-state index is 0.00526. The molecule has 0 aromatic rings. The van der Waals surface area contributed by atoms with Crippen LogP contribution < -0.4 is 5.32 Å². The average Bonchev–Trinajstić information content (AvgIpc) is 3.44. The number of carbonyl (C=O) groups excluding carboxylic acids is 2. The zero-order valence-corrected chi connectivity index (χ0v) is 52.1. The van der Waals surface area contributed by atoms with Crippen LogP contribution in [-0.4, -0.2) is 47.4 Å². The van der Waals surface area contributed by atoms with E-state index in [1.165, 1.54) is 276 Å². The second-order valence-electron chi connectivity index (χ2n) is 23.5. The summed E-state index contributed by atoms with van der Waals surface area (Å²) < 4.78 is 5.50. The van der Waals surface area contributed by atoms with Crippen LogP contribution in [0.2, 0.25) is 0 Å². The Labute approximate surface area is 486 Å². The summed E-state index contributed by atoms with van der Waals surface area (Å²) in [6.07, 6.45) is 88.7. The van der Waals surface area contributed by atoms with E-state index in [1.54, 1.807) is 6.08 Å². The van der Waals surface area contributed by atoms with Gasteiger partial charge in [-0.15, -0.1) is 0 Å². The maximum absolute atomic E-state index is 12.4. The van der Waals surface area contributed by atoms with Gasteiger partial charge in [0.1, 0.15) is 0 Å². The molecule has 0 bridgehead atoms. The van der Waals surface area contributed by atoms with Crippen molar-refractivity contribution in [3.05, 3.63) is 60.8 Å². The van der Waals surface area contributed by atoms with Crippen molar-refractivity contribution >= 4 is 11.9 Å². The predicted octanol–water partition coefficient (Wildman–Crippen LogP) is 22.3. The van der Waals surface area contributed by atoms with Crippen LogP contribution in [0.5, 0.6) is 0 Å². The van der Waals surface area contributed by atoms with E-state index in [0.717, 1.165) is 57.8 Å². The minimum atomic E-state index is -0.844. The fraction of sp³-hybridized carbons (Fsp3) is 0.833. The Balaban J connectivity index is 3.40. The lowest BCUT2D eigenvalue weighted by molar-refractivity contribution is -0.143. The van der Waals surface area contributed by atoms with E-state index in [9.17, 15) is 19.8 Å². The van der Waals surface area contributed by atoms with Crippen molar-refractivity contribution in [1.29, 1.82) is 0 Å². The lowest BCUT2D eigenvalue weighted by Crippen LogP contribution is -2.45. The molecule has 0 aliphatic heterocycles. The lowest BCUT2D eigenvalue weighted by atomic mass is 10.0. The van der Waals surface area contributed by atoms with Gasteiger partial charge >= 0.3 is 5.97 Å². The quantitative estimate of drug-likeness (QED) is 0.0320. The van der Waals surface area contributed by atoms with E-state index < -0.39 is 12.1 Å². The van der Waals surface area contributed by atoms with Crippen LogP contribution in [0.25, 0.3) is 0 Å². The van der Waals surface area contributed by atoms with Crippen LogP contribution in [0.1, 0.15) is 361 Å². The molecule has 6 heteroatoms. The highest BCUT2D eigenvalue weighted by Gasteiger charge is 2.18. The zero-order valence-electron chi connectivity index (χ0n) is 52.1. The summed E-state index contributed by atoms with van der Waals surface area (Å²) in [5.41, 5.74) is 0. The fourth-order valence-electron chi connectivity index (χ4n) is 10.5. The topological polar surface area (TPSA) is 95.9 Å². The van der Waals surface area contributed by atoms with E-state index >= 15 is 0 Å². The number of carbonyl (C=O) groups is 2. The molecule has 0 rings (SSSR count). The number of rotatable bonds is 64. The molecule has 2 atom stereocenters. The molecule has 0 aliphatic carbocycles. The average molecular weight is 1090 g/mol. The minimum Gasteiger partial charge on any atom is -0.466 e. The van der Waals surface area contributed by atoms with Crippen molar-refractivity contribution in [3.8, 4) is 0 Å². The lowest BCUT2D eigenvalue weighted by Gasteiger charge is -2.20. The monoisotopic (exact) mass is 1090 g/mol. The number of aliphatic hydroxyl groups is 2. The molecule has 0 saturated heterocycles. The summed E-state index contributed by atoms with van der Waals surface area (Å²) in [4.78, 5) is 24.5. The largest absolute Gasteiger partial charge is 0.466 e. The third-order valence-corrected chi connectivity index (χ3v) is 15.8. The number of ether oxygens (including phenoxy) is 1. The van der Waals surface area contributed by atoms with Crippen LogP contribution in [0.4, 0.5) is 0 Å². The molecular formula is C72H133NO5. The standard InChI is InChI=1S/C72H133NO5/c1-3-5-7-9-11-13-15-17-18-19-36-39-42-46-50-54-58-62-66-72(77)78-67-63-59-55-51-47-43-40-37-34-32-30-28-26-24-22-20-21-23-25-27-29-31-33-35-38-41-45-49-53-57-61-65-71(76)73-69(68-74)70(75)64-60-56-52-48-44-16-14-12-10-8-6-4-2/h13,15,18-19,22,24,28,30,60,64,69-70,74-75H,3-12,14,16-17,20-21,23,25-27,29,31-59,61-63,65-68H2,1-2H3,(H,73,76)/b15-13-,19-18-,24-22-,30-28-,64-60+. The van der Waals surface area contributed by atoms with Gasteiger partial charge in [0.2, 0.25) is 5.91 Å². The molecular weight excluding hydrogens is 959 g/mol. The molecule has 0 saturated carbocycles. The Kier molecular flexibility index (Phi) is 65.0. The van der Waals surface area contributed by atoms with Gasteiger partial charge in [-0.05, 0) is 96.3 Å². The Morgan fingerprint density at radius 1 is 0.359 bits per heavy atom. The van der Waals surface area contributed by atoms with Gasteiger partial charge in [0.15, 0.2) is 0 Å². The number of nitrogens with one attached hydrogen (secondary N) is 1. The molecule has 456 valence electrons. The van der Waals surface area contributed by atoms with Gasteiger partial charge < -0.3 is 20.3 Å². The van der Waals surface area contributed by atoms with Crippen molar-refractivity contribution in [2.75, 3.05) is 13.2 Å². The van der Waals surface area contributed by atoms with E-state index in [4.69, 9.17) is 4.74 Å². The summed E-state index contributed by atoms with van der Waals surface area (Å²) in [5.74, 6) is -0.0624. The molecule has 0 heterocycles. The molecule has 0 aliphatic rings. The second kappa shape index (κ2) is 67.1. The first-order valence-corrected chi connectivity index (χ1v) is 34.6. The molecule has 6 nitrogen and oxygen atoms in total. The van der Waals surface area contributed by atoms with E-state index in [0.29, 0.717) is 19.4 Å². The maximum atomic E-state index is 12.4. The van der Waals surface area contributed by atoms with Gasteiger partial charge in [0.25, 0.3) is 0 Å². The van der Waals surface area contributed by atoms with Crippen molar-refractivity contribution < 1.29 is 24.5 Å². The normalized spacial score (nSPS) is 12.9. The Bertz CT molecular complexity index is 1350. The smallest absolute Gasteiger partial charge is 0.305 e. The van der Waals surface area contributed by atoms with Crippen LogP contribution in [0.15, 0.2) is 60.8 Å². The van der Waals surface area contributed by atoms with Crippen molar-refractivity contribution in [1.82, 2.24) is 5.32 Å².